The van der Waals surface area contributed by atoms with E-state index in [1.54, 1.807) is 11.9 Å². The van der Waals surface area contributed by atoms with Crippen LogP contribution in [0.2, 0.25) is 5.02 Å². The summed E-state index contributed by atoms with van der Waals surface area (Å²) in [7, 11) is 5.82. The van der Waals surface area contributed by atoms with Crippen LogP contribution in [0.5, 0.6) is 0 Å². The summed E-state index contributed by atoms with van der Waals surface area (Å²) in [6.45, 7) is 1.47. The second kappa shape index (κ2) is 5.53. The van der Waals surface area contributed by atoms with Gasteiger partial charge < -0.3 is 14.4 Å². The van der Waals surface area contributed by atoms with Crippen LogP contribution in [-0.2, 0) is 11.8 Å². The molecule has 1 amide bonds. The molecule has 0 bridgehead atoms. The lowest BCUT2D eigenvalue weighted by Gasteiger charge is -2.20. The van der Waals surface area contributed by atoms with Crippen molar-refractivity contribution in [2.75, 3.05) is 32.1 Å². The maximum absolute atomic E-state index is 10.6. The fraction of sp³-hybridized carbons (Fsp3) is 0.357. The van der Waals surface area contributed by atoms with Gasteiger partial charge in [-0.2, -0.15) is 0 Å². The van der Waals surface area contributed by atoms with Crippen molar-refractivity contribution in [1.29, 1.82) is 0 Å². The van der Waals surface area contributed by atoms with Crippen molar-refractivity contribution >= 4 is 34.6 Å². The maximum atomic E-state index is 10.6. The van der Waals surface area contributed by atoms with E-state index in [0.717, 1.165) is 34.6 Å². The number of hydrogen-bond acceptors (Lipinski definition) is 2. The van der Waals surface area contributed by atoms with Crippen LogP contribution >= 0.6 is 11.6 Å². The number of hydrogen-bond donors (Lipinski definition) is 0. The molecule has 1 aromatic carbocycles. The van der Waals surface area contributed by atoms with Gasteiger partial charge in [-0.1, -0.05) is 11.6 Å². The van der Waals surface area contributed by atoms with Gasteiger partial charge in [0.2, 0.25) is 6.41 Å². The van der Waals surface area contributed by atoms with E-state index in [9.17, 15) is 4.79 Å². The first-order valence-corrected chi connectivity index (χ1v) is 6.52. The van der Waals surface area contributed by atoms with Crippen molar-refractivity contribution in [3.05, 3.63) is 29.4 Å². The van der Waals surface area contributed by atoms with Crippen molar-refractivity contribution in [3.8, 4) is 0 Å². The van der Waals surface area contributed by atoms with Crippen molar-refractivity contribution in [2.45, 2.75) is 0 Å². The predicted molar refractivity (Wildman–Crippen MR) is 79.9 cm³/mol. The molecule has 0 aliphatic rings. The molecule has 0 saturated carbocycles. The topological polar surface area (TPSA) is 28.5 Å². The third-order valence-corrected chi connectivity index (χ3v) is 3.54. The molecule has 0 aliphatic heterocycles. The first kappa shape index (κ1) is 13.7. The molecule has 5 heteroatoms. The van der Waals surface area contributed by atoms with Gasteiger partial charge in [0.25, 0.3) is 0 Å². The van der Waals surface area contributed by atoms with Crippen LogP contribution in [0.1, 0.15) is 0 Å². The lowest BCUT2D eigenvalue weighted by atomic mass is 10.2. The molecule has 0 atom stereocenters. The number of likely N-dealkylation sites (N-methyl/N-ethyl adjacent to an activating group) is 2. The molecular weight excluding hydrogens is 262 g/mol. The first-order valence-electron chi connectivity index (χ1n) is 6.14. The van der Waals surface area contributed by atoms with Gasteiger partial charge in [-0.3, -0.25) is 4.79 Å². The maximum Gasteiger partial charge on any atom is 0.209 e. The molecule has 1 heterocycles. The monoisotopic (exact) mass is 279 g/mol. The van der Waals surface area contributed by atoms with Gasteiger partial charge >= 0.3 is 0 Å². The lowest BCUT2D eigenvalue weighted by molar-refractivity contribution is -0.116. The summed E-state index contributed by atoms with van der Waals surface area (Å²) in [5.41, 5.74) is 2.27. The van der Waals surface area contributed by atoms with Gasteiger partial charge in [-0.05, 0) is 18.2 Å². The number of rotatable bonds is 5. The summed E-state index contributed by atoms with van der Waals surface area (Å²) in [4.78, 5) is 14.4. The summed E-state index contributed by atoms with van der Waals surface area (Å²) in [6.07, 6.45) is 2.93. The van der Waals surface area contributed by atoms with Gasteiger partial charge in [-0.15, -0.1) is 0 Å². The molecule has 0 spiro atoms. The molecule has 0 radical (unpaired) electrons. The van der Waals surface area contributed by atoms with Crippen molar-refractivity contribution in [2.24, 2.45) is 7.05 Å². The number of nitrogens with zero attached hydrogens (tertiary/aromatic N) is 3. The van der Waals surface area contributed by atoms with Gasteiger partial charge in [-0.25, -0.2) is 0 Å². The summed E-state index contributed by atoms with van der Waals surface area (Å²) < 4.78 is 2.08. The Balaban J connectivity index is 2.28. The largest absolute Gasteiger partial charge is 0.371 e. The second-order valence-electron chi connectivity index (χ2n) is 4.79. The minimum atomic E-state index is 0.691. The molecule has 0 aliphatic carbocycles. The van der Waals surface area contributed by atoms with Crippen LogP contribution in [0, 0.1) is 0 Å². The van der Waals surface area contributed by atoms with E-state index in [4.69, 9.17) is 11.6 Å². The van der Waals surface area contributed by atoms with Crippen LogP contribution in [0.3, 0.4) is 0 Å². The molecule has 2 rings (SSSR count). The molecule has 4 nitrogen and oxygen atoms in total. The number of amides is 1. The minimum absolute atomic E-state index is 0.691. The Hall–Kier alpha value is -1.68. The highest BCUT2D eigenvalue weighted by Crippen LogP contribution is 2.30. The average Bonchev–Trinajstić information content (AvgIpc) is 2.72. The number of aromatic nitrogens is 1. The second-order valence-corrected chi connectivity index (χ2v) is 5.23. The van der Waals surface area contributed by atoms with Crippen LogP contribution in [-0.4, -0.2) is 43.1 Å². The fourth-order valence-corrected chi connectivity index (χ4v) is 2.30. The highest BCUT2D eigenvalue weighted by Gasteiger charge is 2.11. The highest BCUT2D eigenvalue weighted by atomic mass is 35.5. The lowest BCUT2D eigenvalue weighted by Crippen LogP contribution is -2.29. The Morgan fingerprint density at radius 1 is 1.32 bits per heavy atom. The van der Waals surface area contributed by atoms with E-state index in [0.29, 0.717) is 6.54 Å². The molecule has 0 N–H and O–H groups in total. The third-order valence-electron chi connectivity index (χ3n) is 3.31. The zero-order valence-electron chi connectivity index (χ0n) is 11.4. The van der Waals surface area contributed by atoms with E-state index in [-0.39, 0.29) is 0 Å². The Bertz CT molecular complexity index is 594. The van der Waals surface area contributed by atoms with Gasteiger partial charge in [0.15, 0.2) is 0 Å². The number of carbonyl (C=O) groups is 1. The van der Waals surface area contributed by atoms with E-state index < -0.39 is 0 Å². The van der Waals surface area contributed by atoms with Crippen LogP contribution in [0.25, 0.3) is 10.9 Å². The zero-order valence-corrected chi connectivity index (χ0v) is 12.2. The van der Waals surface area contributed by atoms with Crippen LogP contribution in [0.15, 0.2) is 24.4 Å². The SMILES string of the molecule is CN(C=O)CCN(C)c1cn(C)c2ccc(Cl)cc12. The number of carbonyl (C=O) groups excluding carboxylic acids is 1. The van der Waals surface area contributed by atoms with Crippen molar-refractivity contribution in [1.82, 2.24) is 9.47 Å². The van der Waals surface area contributed by atoms with E-state index >= 15 is 0 Å². The Labute approximate surface area is 118 Å². The smallest absolute Gasteiger partial charge is 0.209 e. The molecule has 1 aromatic heterocycles. The molecule has 0 saturated heterocycles. The quantitative estimate of drug-likeness (QED) is 0.786. The number of benzene rings is 1. The number of halogens is 1. The van der Waals surface area contributed by atoms with E-state index in [1.165, 1.54) is 0 Å². The summed E-state index contributed by atoms with van der Waals surface area (Å²) >= 11 is 6.07. The van der Waals surface area contributed by atoms with Gasteiger partial charge in [0.1, 0.15) is 0 Å². The highest BCUT2D eigenvalue weighted by molar-refractivity contribution is 6.31. The van der Waals surface area contributed by atoms with Crippen molar-refractivity contribution < 1.29 is 4.79 Å². The molecule has 19 heavy (non-hydrogen) atoms. The van der Waals surface area contributed by atoms with Gasteiger partial charge in [0, 0.05) is 56.4 Å². The van der Waals surface area contributed by atoms with Crippen LogP contribution < -0.4 is 4.90 Å². The standard InChI is InChI=1S/C14H18ClN3O/c1-16(10-19)6-7-17(2)14-9-18(3)13-5-4-11(15)8-12(13)14/h4-5,8-10H,6-7H2,1-3H3. The number of aryl methyl sites for hydroxylation is 1. The first-order chi connectivity index (χ1) is 9.02. The van der Waals surface area contributed by atoms with E-state index in [1.807, 2.05) is 32.3 Å². The average molecular weight is 280 g/mol. The molecule has 2 aromatic rings. The molecule has 102 valence electrons. The Morgan fingerprint density at radius 2 is 2.05 bits per heavy atom. The Kier molecular flexibility index (Phi) is 4.00. The third kappa shape index (κ3) is 2.84. The summed E-state index contributed by atoms with van der Waals surface area (Å²) in [5.74, 6) is 0. The fourth-order valence-electron chi connectivity index (χ4n) is 2.13. The number of fused-ring (bicyclic) bond motifs is 1. The Morgan fingerprint density at radius 3 is 2.74 bits per heavy atom. The summed E-state index contributed by atoms with van der Waals surface area (Å²) in [5, 5.41) is 1.87. The zero-order chi connectivity index (χ0) is 14.0. The normalized spacial score (nSPS) is 10.7. The van der Waals surface area contributed by atoms with E-state index in [2.05, 4.69) is 15.7 Å². The molecule has 0 unspecified atom stereocenters. The molecule has 0 fully saturated rings. The minimum Gasteiger partial charge on any atom is -0.371 e. The summed E-state index contributed by atoms with van der Waals surface area (Å²) in [6, 6.07) is 5.90. The van der Waals surface area contributed by atoms with Crippen LogP contribution in [0.4, 0.5) is 5.69 Å². The molecular formula is C14H18ClN3O. The van der Waals surface area contributed by atoms with Crippen molar-refractivity contribution in [3.63, 3.8) is 0 Å². The number of anilines is 1. The van der Waals surface area contributed by atoms with Gasteiger partial charge in [0.05, 0.1) is 5.69 Å². The predicted octanol–water partition coefficient (Wildman–Crippen LogP) is 2.36.